The van der Waals surface area contributed by atoms with Crippen molar-refractivity contribution in [2.45, 2.75) is 12.3 Å². The van der Waals surface area contributed by atoms with Gasteiger partial charge in [0.1, 0.15) is 6.33 Å². The lowest BCUT2D eigenvalue weighted by Crippen LogP contribution is -2.49. The molecule has 38 heavy (non-hydrogen) atoms. The van der Waals surface area contributed by atoms with Gasteiger partial charge < -0.3 is 9.80 Å². The molecule has 1 amide bonds. The number of carbonyl (C=O) groups excluding carboxylic acids is 1. The molecule has 0 saturated carbocycles. The highest BCUT2D eigenvalue weighted by Crippen LogP contribution is 2.29. The summed E-state index contributed by atoms with van der Waals surface area (Å²) >= 11 is 6.04. The van der Waals surface area contributed by atoms with Crippen LogP contribution in [0.2, 0.25) is 5.02 Å². The quantitative estimate of drug-likeness (QED) is 0.320. The summed E-state index contributed by atoms with van der Waals surface area (Å²) in [6.45, 7) is 2.55. The molecular weight excluding hydrogens is 498 g/mol. The second-order valence-corrected chi connectivity index (χ2v) is 9.73. The van der Waals surface area contributed by atoms with E-state index >= 15 is 0 Å². The normalized spacial score (nSPS) is 13.8. The van der Waals surface area contributed by atoms with E-state index in [1.165, 1.54) is 6.33 Å². The van der Waals surface area contributed by atoms with Crippen LogP contribution in [0.25, 0.3) is 16.9 Å². The summed E-state index contributed by atoms with van der Waals surface area (Å²) in [6.07, 6.45) is 1.97. The van der Waals surface area contributed by atoms with Crippen LogP contribution in [0.1, 0.15) is 23.5 Å². The van der Waals surface area contributed by atoms with E-state index in [2.05, 4.69) is 49.4 Å². The number of hydrogen-bond acceptors (Lipinski definition) is 6. The van der Waals surface area contributed by atoms with Gasteiger partial charge in [-0.25, -0.2) is 9.97 Å². The standard InChI is InChI=1S/C29H26ClN7O/c30-23-11-13-24(14-12-23)37-29-27(33-34-37)28(31-20-32-29)36-17-15-35(16-18-36)26(38)19-25(21-7-3-1-4-8-21)22-9-5-2-6-10-22/h1-14,20,25H,15-19H2. The minimum absolute atomic E-state index is 0.0207. The largest absolute Gasteiger partial charge is 0.351 e. The van der Waals surface area contributed by atoms with Crippen molar-refractivity contribution in [2.24, 2.45) is 0 Å². The summed E-state index contributed by atoms with van der Waals surface area (Å²) in [5.41, 5.74) is 4.39. The molecule has 8 nitrogen and oxygen atoms in total. The van der Waals surface area contributed by atoms with Crippen molar-refractivity contribution in [1.82, 2.24) is 29.9 Å². The van der Waals surface area contributed by atoms with Crippen molar-refractivity contribution in [3.63, 3.8) is 0 Å². The lowest BCUT2D eigenvalue weighted by atomic mass is 9.88. The van der Waals surface area contributed by atoms with Crippen LogP contribution in [0.4, 0.5) is 5.82 Å². The highest BCUT2D eigenvalue weighted by molar-refractivity contribution is 6.30. The Hall–Kier alpha value is -4.30. The van der Waals surface area contributed by atoms with Crippen molar-refractivity contribution in [2.75, 3.05) is 31.1 Å². The highest BCUT2D eigenvalue weighted by atomic mass is 35.5. The van der Waals surface area contributed by atoms with Gasteiger partial charge in [-0.1, -0.05) is 77.5 Å². The number of hydrogen-bond donors (Lipinski definition) is 0. The molecule has 1 aliphatic heterocycles. The second-order valence-electron chi connectivity index (χ2n) is 9.29. The molecular formula is C29H26ClN7O. The Morgan fingerprint density at radius 3 is 2.08 bits per heavy atom. The molecule has 0 atom stereocenters. The van der Waals surface area contributed by atoms with Crippen LogP contribution in [0.5, 0.6) is 0 Å². The molecule has 1 fully saturated rings. The molecule has 0 spiro atoms. The SMILES string of the molecule is O=C(CC(c1ccccc1)c1ccccc1)N1CCN(c2ncnc3c2nnn3-c2ccc(Cl)cc2)CC1. The van der Waals surface area contributed by atoms with Gasteiger partial charge in [0, 0.05) is 43.5 Å². The second kappa shape index (κ2) is 10.6. The number of carbonyl (C=O) groups is 1. The summed E-state index contributed by atoms with van der Waals surface area (Å²) in [6, 6.07) is 27.9. The van der Waals surface area contributed by atoms with E-state index in [0.29, 0.717) is 48.8 Å². The van der Waals surface area contributed by atoms with Gasteiger partial charge in [-0.2, -0.15) is 4.68 Å². The fourth-order valence-electron chi connectivity index (χ4n) is 4.99. The maximum Gasteiger partial charge on any atom is 0.223 e. The molecule has 0 unspecified atom stereocenters. The zero-order valence-corrected chi connectivity index (χ0v) is 21.4. The smallest absolute Gasteiger partial charge is 0.223 e. The number of nitrogens with zero attached hydrogens (tertiary/aromatic N) is 7. The van der Waals surface area contributed by atoms with Crippen LogP contribution in [-0.2, 0) is 4.79 Å². The molecule has 3 aromatic carbocycles. The number of rotatable bonds is 6. The minimum atomic E-state index is 0.0207. The van der Waals surface area contributed by atoms with Gasteiger partial charge >= 0.3 is 0 Å². The topological polar surface area (TPSA) is 80.0 Å². The maximum atomic E-state index is 13.4. The molecule has 0 aliphatic carbocycles. The summed E-state index contributed by atoms with van der Waals surface area (Å²) in [4.78, 5) is 26.5. The van der Waals surface area contributed by atoms with Crippen molar-refractivity contribution in [3.05, 3.63) is 107 Å². The van der Waals surface area contributed by atoms with E-state index in [1.807, 2.05) is 65.6 Å². The van der Waals surface area contributed by atoms with Gasteiger partial charge in [0.05, 0.1) is 5.69 Å². The van der Waals surface area contributed by atoms with Gasteiger partial charge in [-0.15, -0.1) is 5.10 Å². The van der Waals surface area contributed by atoms with E-state index < -0.39 is 0 Å². The number of anilines is 1. The predicted molar refractivity (Wildman–Crippen MR) is 148 cm³/mol. The number of benzene rings is 3. The number of fused-ring (bicyclic) bond motifs is 1. The third-order valence-corrected chi connectivity index (χ3v) is 7.26. The van der Waals surface area contributed by atoms with Crippen LogP contribution in [0, 0.1) is 0 Å². The van der Waals surface area contributed by atoms with E-state index in [-0.39, 0.29) is 11.8 Å². The Bertz CT molecular complexity index is 1490. The van der Waals surface area contributed by atoms with Crippen molar-refractivity contribution in [3.8, 4) is 5.69 Å². The Balaban J connectivity index is 1.17. The van der Waals surface area contributed by atoms with Gasteiger partial charge in [-0.3, -0.25) is 4.79 Å². The summed E-state index contributed by atoms with van der Waals surface area (Å²) in [5.74, 6) is 0.907. The number of aromatic nitrogens is 5. The molecule has 2 aromatic heterocycles. The van der Waals surface area contributed by atoms with Gasteiger partial charge in [0.25, 0.3) is 0 Å². The van der Waals surface area contributed by atoms with Crippen molar-refractivity contribution in [1.29, 1.82) is 0 Å². The number of halogens is 1. The number of piperazine rings is 1. The Kier molecular flexibility index (Phi) is 6.71. The fraction of sp³-hybridized carbons (Fsp3) is 0.207. The molecule has 1 aliphatic rings. The van der Waals surface area contributed by atoms with E-state index in [1.54, 1.807) is 4.68 Å². The van der Waals surface area contributed by atoms with Crippen molar-refractivity contribution >= 4 is 34.5 Å². The molecule has 190 valence electrons. The molecule has 0 bridgehead atoms. The van der Waals surface area contributed by atoms with E-state index in [0.717, 1.165) is 22.6 Å². The first-order valence-corrected chi connectivity index (χ1v) is 13.0. The molecule has 9 heteroatoms. The van der Waals surface area contributed by atoms with Crippen LogP contribution >= 0.6 is 11.6 Å². The molecule has 1 saturated heterocycles. The maximum absolute atomic E-state index is 13.4. The van der Waals surface area contributed by atoms with E-state index in [4.69, 9.17) is 11.6 Å². The molecule has 6 rings (SSSR count). The molecule has 0 N–H and O–H groups in total. The Morgan fingerprint density at radius 1 is 0.816 bits per heavy atom. The average Bonchev–Trinajstić information content (AvgIpc) is 3.42. The predicted octanol–water partition coefficient (Wildman–Crippen LogP) is 4.73. The highest BCUT2D eigenvalue weighted by Gasteiger charge is 2.27. The van der Waals surface area contributed by atoms with Crippen LogP contribution < -0.4 is 4.90 Å². The average molecular weight is 524 g/mol. The van der Waals surface area contributed by atoms with Crippen LogP contribution in [0.15, 0.2) is 91.3 Å². The van der Waals surface area contributed by atoms with Gasteiger partial charge in [0.15, 0.2) is 17.0 Å². The zero-order chi connectivity index (χ0) is 25.9. The summed E-state index contributed by atoms with van der Waals surface area (Å²) in [5, 5.41) is 9.35. The first-order valence-electron chi connectivity index (χ1n) is 12.6. The third kappa shape index (κ3) is 4.82. The lowest BCUT2D eigenvalue weighted by Gasteiger charge is -2.36. The first kappa shape index (κ1) is 24.1. The fourth-order valence-corrected chi connectivity index (χ4v) is 5.12. The van der Waals surface area contributed by atoms with Gasteiger partial charge in [0.2, 0.25) is 5.91 Å². The molecule has 5 aromatic rings. The Morgan fingerprint density at radius 2 is 1.45 bits per heavy atom. The molecule has 0 radical (unpaired) electrons. The first-order chi connectivity index (χ1) is 18.7. The molecule has 3 heterocycles. The van der Waals surface area contributed by atoms with E-state index in [9.17, 15) is 4.79 Å². The third-order valence-electron chi connectivity index (χ3n) is 7.00. The van der Waals surface area contributed by atoms with Crippen LogP contribution in [0.3, 0.4) is 0 Å². The lowest BCUT2D eigenvalue weighted by molar-refractivity contribution is -0.131. The monoisotopic (exact) mass is 523 g/mol. The summed E-state index contributed by atoms with van der Waals surface area (Å²) < 4.78 is 1.68. The van der Waals surface area contributed by atoms with Crippen molar-refractivity contribution < 1.29 is 4.79 Å². The Labute approximate surface area is 225 Å². The number of amides is 1. The zero-order valence-electron chi connectivity index (χ0n) is 20.7. The minimum Gasteiger partial charge on any atom is -0.351 e. The van der Waals surface area contributed by atoms with Gasteiger partial charge in [-0.05, 0) is 35.4 Å². The summed E-state index contributed by atoms with van der Waals surface area (Å²) in [7, 11) is 0. The van der Waals surface area contributed by atoms with Crippen LogP contribution in [-0.4, -0.2) is 61.9 Å².